The first-order chi connectivity index (χ1) is 8.25. The smallest absolute Gasteiger partial charge is 0.255 e. The first-order valence-corrected chi connectivity index (χ1v) is 6.17. The maximum atomic E-state index is 12.4. The molecule has 1 aromatic rings. The molecule has 0 saturated carbocycles. The van der Waals surface area contributed by atoms with Crippen molar-refractivity contribution in [3.63, 3.8) is 0 Å². The number of carbonyl (C=O) groups is 1. The standard InChI is InChI=1S/C13H17N3O/c1-9-12(3-2-4-15-9)13(17)16-7-10-5-14-6-11(10)8-16/h2-4,10-11,14H,5-8H2,1H3. The molecule has 0 radical (unpaired) electrons. The van der Waals surface area contributed by atoms with Crippen molar-refractivity contribution >= 4 is 5.91 Å². The van der Waals surface area contributed by atoms with Gasteiger partial charge in [0.2, 0.25) is 0 Å². The third kappa shape index (κ3) is 1.82. The first kappa shape index (κ1) is 10.7. The van der Waals surface area contributed by atoms with E-state index in [2.05, 4.69) is 10.3 Å². The SMILES string of the molecule is Cc1ncccc1C(=O)N1CC2CNCC2C1. The summed E-state index contributed by atoms with van der Waals surface area (Å²) in [7, 11) is 0. The Morgan fingerprint density at radius 3 is 2.76 bits per heavy atom. The first-order valence-electron chi connectivity index (χ1n) is 6.17. The Bertz CT molecular complexity index is 434. The van der Waals surface area contributed by atoms with Gasteiger partial charge in [0.15, 0.2) is 0 Å². The summed E-state index contributed by atoms with van der Waals surface area (Å²) in [4.78, 5) is 18.5. The van der Waals surface area contributed by atoms with Crippen molar-refractivity contribution in [3.8, 4) is 0 Å². The van der Waals surface area contributed by atoms with Crippen LogP contribution in [0.25, 0.3) is 0 Å². The van der Waals surface area contributed by atoms with Crippen LogP contribution < -0.4 is 5.32 Å². The van der Waals surface area contributed by atoms with Gasteiger partial charge in [-0.2, -0.15) is 0 Å². The zero-order chi connectivity index (χ0) is 11.8. The van der Waals surface area contributed by atoms with Crippen LogP contribution in [0, 0.1) is 18.8 Å². The van der Waals surface area contributed by atoms with Crippen LogP contribution in [0.15, 0.2) is 18.3 Å². The van der Waals surface area contributed by atoms with Crippen molar-refractivity contribution in [2.45, 2.75) is 6.92 Å². The van der Waals surface area contributed by atoms with Gasteiger partial charge in [-0.15, -0.1) is 0 Å². The molecule has 2 atom stereocenters. The number of amides is 1. The summed E-state index contributed by atoms with van der Waals surface area (Å²) in [5.74, 6) is 1.44. The van der Waals surface area contributed by atoms with Crippen LogP contribution in [-0.2, 0) is 0 Å². The molecule has 4 nitrogen and oxygen atoms in total. The van der Waals surface area contributed by atoms with E-state index in [0.717, 1.165) is 37.4 Å². The number of carbonyl (C=O) groups excluding carboxylic acids is 1. The topological polar surface area (TPSA) is 45.2 Å². The molecule has 2 fully saturated rings. The fourth-order valence-corrected chi connectivity index (χ4v) is 2.90. The molecule has 4 heteroatoms. The molecule has 3 rings (SSSR count). The molecule has 0 aromatic carbocycles. The molecule has 2 unspecified atom stereocenters. The summed E-state index contributed by atoms with van der Waals surface area (Å²) >= 11 is 0. The van der Waals surface area contributed by atoms with Gasteiger partial charge in [0, 0.05) is 38.1 Å². The lowest BCUT2D eigenvalue weighted by molar-refractivity contribution is 0.0780. The average Bonchev–Trinajstić information content (AvgIpc) is 2.88. The second kappa shape index (κ2) is 4.11. The lowest BCUT2D eigenvalue weighted by atomic mass is 10.0. The van der Waals surface area contributed by atoms with Gasteiger partial charge in [0.05, 0.1) is 5.56 Å². The van der Waals surface area contributed by atoms with Gasteiger partial charge in [0.25, 0.3) is 5.91 Å². The molecule has 1 amide bonds. The molecule has 0 aliphatic carbocycles. The van der Waals surface area contributed by atoms with E-state index in [1.165, 1.54) is 0 Å². The average molecular weight is 231 g/mol. The number of nitrogens with zero attached hydrogens (tertiary/aromatic N) is 2. The van der Waals surface area contributed by atoms with E-state index in [1.54, 1.807) is 6.20 Å². The highest BCUT2D eigenvalue weighted by atomic mass is 16.2. The van der Waals surface area contributed by atoms with Gasteiger partial charge in [-0.3, -0.25) is 9.78 Å². The number of fused-ring (bicyclic) bond motifs is 1. The molecule has 2 aliphatic rings. The summed E-state index contributed by atoms with van der Waals surface area (Å²) in [6, 6.07) is 3.70. The number of nitrogens with one attached hydrogen (secondary N) is 1. The van der Waals surface area contributed by atoms with Gasteiger partial charge in [-0.25, -0.2) is 0 Å². The fourth-order valence-electron chi connectivity index (χ4n) is 2.90. The van der Waals surface area contributed by atoms with Crippen molar-refractivity contribution in [1.82, 2.24) is 15.2 Å². The second-order valence-corrected chi connectivity index (χ2v) is 5.02. The van der Waals surface area contributed by atoms with Gasteiger partial charge >= 0.3 is 0 Å². The lowest BCUT2D eigenvalue weighted by Gasteiger charge is -2.18. The molecule has 0 spiro atoms. The van der Waals surface area contributed by atoms with E-state index in [1.807, 2.05) is 24.0 Å². The van der Waals surface area contributed by atoms with E-state index in [9.17, 15) is 4.79 Å². The summed E-state index contributed by atoms with van der Waals surface area (Å²) in [5, 5.41) is 3.38. The number of rotatable bonds is 1. The Morgan fingerprint density at radius 1 is 1.41 bits per heavy atom. The van der Waals surface area contributed by atoms with Crippen LogP contribution in [0.5, 0.6) is 0 Å². The molecule has 17 heavy (non-hydrogen) atoms. The Labute approximate surface area is 101 Å². The van der Waals surface area contributed by atoms with Gasteiger partial charge in [-0.05, 0) is 30.9 Å². The van der Waals surface area contributed by atoms with E-state index < -0.39 is 0 Å². The predicted octanol–water partition coefficient (Wildman–Crippen LogP) is 0.681. The van der Waals surface area contributed by atoms with Crippen LogP contribution in [-0.4, -0.2) is 42.0 Å². The molecular weight excluding hydrogens is 214 g/mol. The number of likely N-dealkylation sites (tertiary alicyclic amines) is 1. The van der Waals surface area contributed by atoms with E-state index in [0.29, 0.717) is 11.8 Å². The van der Waals surface area contributed by atoms with Crippen LogP contribution in [0.4, 0.5) is 0 Å². The van der Waals surface area contributed by atoms with Crippen LogP contribution in [0.2, 0.25) is 0 Å². The zero-order valence-corrected chi connectivity index (χ0v) is 10.0. The normalized spacial score (nSPS) is 27.2. The van der Waals surface area contributed by atoms with Gasteiger partial charge < -0.3 is 10.2 Å². The minimum atomic E-state index is 0.144. The van der Waals surface area contributed by atoms with Crippen LogP contribution >= 0.6 is 0 Å². The predicted molar refractivity (Wildman–Crippen MR) is 64.7 cm³/mol. The fraction of sp³-hybridized carbons (Fsp3) is 0.538. The highest BCUT2D eigenvalue weighted by Gasteiger charge is 2.38. The highest BCUT2D eigenvalue weighted by molar-refractivity contribution is 5.95. The van der Waals surface area contributed by atoms with Crippen molar-refractivity contribution in [1.29, 1.82) is 0 Å². The molecular formula is C13H17N3O. The van der Waals surface area contributed by atoms with Crippen molar-refractivity contribution in [3.05, 3.63) is 29.6 Å². The summed E-state index contributed by atoms with van der Waals surface area (Å²) in [6.45, 7) is 5.79. The summed E-state index contributed by atoms with van der Waals surface area (Å²) in [6.07, 6.45) is 1.73. The number of pyridine rings is 1. The molecule has 3 heterocycles. The largest absolute Gasteiger partial charge is 0.338 e. The van der Waals surface area contributed by atoms with Crippen molar-refractivity contribution in [2.75, 3.05) is 26.2 Å². The van der Waals surface area contributed by atoms with E-state index in [4.69, 9.17) is 0 Å². The number of aromatic nitrogens is 1. The van der Waals surface area contributed by atoms with Crippen molar-refractivity contribution in [2.24, 2.45) is 11.8 Å². The Morgan fingerprint density at radius 2 is 2.12 bits per heavy atom. The highest BCUT2D eigenvalue weighted by Crippen LogP contribution is 2.27. The zero-order valence-electron chi connectivity index (χ0n) is 10.0. The Kier molecular flexibility index (Phi) is 2.59. The van der Waals surface area contributed by atoms with Gasteiger partial charge in [-0.1, -0.05) is 0 Å². The third-order valence-corrected chi connectivity index (χ3v) is 3.91. The molecule has 0 bridgehead atoms. The third-order valence-electron chi connectivity index (χ3n) is 3.91. The van der Waals surface area contributed by atoms with Gasteiger partial charge in [0.1, 0.15) is 0 Å². The lowest BCUT2D eigenvalue weighted by Crippen LogP contribution is -2.32. The Hall–Kier alpha value is -1.42. The van der Waals surface area contributed by atoms with Crippen molar-refractivity contribution < 1.29 is 4.79 Å². The van der Waals surface area contributed by atoms with Crippen LogP contribution in [0.1, 0.15) is 16.1 Å². The number of hydrogen-bond acceptors (Lipinski definition) is 3. The minimum absolute atomic E-state index is 0.144. The summed E-state index contributed by atoms with van der Waals surface area (Å²) in [5.41, 5.74) is 1.58. The van der Waals surface area contributed by atoms with Crippen LogP contribution in [0.3, 0.4) is 0 Å². The second-order valence-electron chi connectivity index (χ2n) is 5.02. The molecule has 1 aromatic heterocycles. The number of hydrogen-bond donors (Lipinski definition) is 1. The van der Waals surface area contributed by atoms with E-state index in [-0.39, 0.29) is 5.91 Å². The molecule has 1 N–H and O–H groups in total. The molecule has 2 aliphatic heterocycles. The summed E-state index contributed by atoms with van der Waals surface area (Å²) < 4.78 is 0. The number of aryl methyl sites for hydroxylation is 1. The monoisotopic (exact) mass is 231 g/mol. The minimum Gasteiger partial charge on any atom is -0.338 e. The van der Waals surface area contributed by atoms with E-state index >= 15 is 0 Å². The molecule has 2 saturated heterocycles. The quantitative estimate of drug-likeness (QED) is 0.773. The maximum absolute atomic E-state index is 12.4. The Balaban J connectivity index is 1.78. The maximum Gasteiger partial charge on any atom is 0.255 e. The molecule has 90 valence electrons.